The standard InChI is InChI=1S/C25H21Cl3N4O3S/c1-15-6-5-8-19(10-15)32-16(2)29-30-25(32)36-23(13-31(33)34)18-11-21(27)24(22(28)12-18)35-14-17-7-3-4-9-20(17)26/h3-12,23H,13-14H2,1-2H3/t23-/m0/s1. The van der Waals surface area contributed by atoms with Gasteiger partial charge in [-0.25, -0.2) is 0 Å². The zero-order valence-electron chi connectivity index (χ0n) is 19.3. The van der Waals surface area contributed by atoms with Crippen molar-refractivity contribution in [2.24, 2.45) is 0 Å². The van der Waals surface area contributed by atoms with Crippen LogP contribution in [0.25, 0.3) is 5.69 Å². The van der Waals surface area contributed by atoms with Gasteiger partial charge in [0.25, 0.3) is 0 Å². The second-order valence-electron chi connectivity index (χ2n) is 8.02. The second kappa shape index (κ2) is 11.5. The van der Waals surface area contributed by atoms with Crippen LogP contribution in [0.15, 0.2) is 65.8 Å². The minimum atomic E-state index is -0.625. The zero-order chi connectivity index (χ0) is 25.8. The third-order valence-corrected chi connectivity index (χ3v) is 7.45. The molecule has 0 spiro atoms. The summed E-state index contributed by atoms with van der Waals surface area (Å²) in [6.45, 7) is 3.63. The Morgan fingerprint density at radius 3 is 2.39 bits per heavy atom. The van der Waals surface area contributed by atoms with Gasteiger partial charge in [-0.05, 0) is 55.3 Å². The Hall–Kier alpha value is -2.78. The van der Waals surface area contributed by atoms with Gasteiger partial charge in [0.2, 0.25) is 6.54 Å². The second-order valence-corrected chi connectivity index (χ2v) is 10.4. The quantitative estimate of drug-likeness (QED) is 0.119. The SMILES string of the molecule is Cc1cccc(-n2c(C)nnc2S[C@@H](C[N+](=O)[O-])c2cc(Cl)c(OCc3ccccc3Cl)c(Cl)c2)c1. The smallest absolute Gasteiger partial charge is 0.220 e. The van der Waals surface area contributed by atoms with Crippen LogP contribution in [0.5, 0.6) is 5.75 Å². The maximum absolute atomic E-state index is 11.6. The lowest BCUT2D eigenvalue weighted by Gasteiger charge is -2.17. The van der Waals surface area contributed by atoms with E-state index in [9.17, 15) is 10.1 Å². The molecule has 0 saturated heterocycles. The first-order valence-corrected chi connectivity index (χ1v) is 12.9. The summed E-state index contributed by atoms with van der Waals surface area (Å²) in [6, 6.07) is 18.4. The van der Waals surface area contributed by atoms with Crippen molar-refractivity contribution in [3.05, 3.63) is 108 Å². The Morgan fingerprint density at radius 2 is 1.72 bits per heavy atom. The molecule has 3 aromatic carbocycles. The van der Waals surface area contributed by atoms with Crippen LogP contribution >= 0.6 is 46.6 Å². The van der Waals surface area contributed by atoms with Gasteiger partial charge >= 0.3 is 0 Å². The first kappa shape index (κ1) is 26.3. The number of hydrogen-bond donors (Lipinski definition) is 0. The highest BCUT2D eigenvalue weighted by Gasteiger charge is 2.26. The van der Waals surface area contributed by atoms with E-state index in [1.54, 1.807) is 18.2 Å². The fourth-order valence-electron chi connectivity index (χ4n) is 3.63. The molecule has 1 atom stereocenters. The monoisotopic (exact) mass is 562 g/mol. The average Bonchev–Trinajstić information content (AvgIpc) is 3.18. The Labute approximate surface area is 227 Å². The lowest BCUT2D eigenvalue weighted by atomic mass is 10.1. The molecule has 4 aromatic rings. The van der Waals surface area contributed by atoms with Crippen molar-refractivity contribution in [1.29, 1.82) is 0 Å². The maximum Gasteiger partial charge on any atom is 0.220 e. The van der Waals surface area contributed by atoms with Crippen LogP contribution in [-0.2, 0) is 6.61 Å². The number of thioether (sulfide) groups is 1. The molecule has 4 rings (SSSR count). The Kier molecular flexibility index (Phi) is 8.41. The number of benzene rings is 3. The number of nitrogens with zero attached hydrogens (tertiary/aromatic N) is 4. The summed E-state index contributed by atoms with van der Waals surface area (Å²) in [5, 5.41) is 21.0. The molecule has 1 aromatic heterocycles. The molecule has 0 radical (unpaired) electrons. The summed E-state index contributed by atoms with van der Waals surface area (Å²) in [6.07, 6.45) is 0. The van der Waals surface area contributed by atoms with E-state index >= 15 is 0 Å². The predicted molar refractivity (Wildman–Crippen MR) is 144 cm³/mol. The molecular formula is C25H21Cl3N4O3S. The van der Waals surface area contributed by atoms with Gasteiger partial charge in [0.1, 0.15) is 17.7 Å². The van der Waals surface area contributed by atoms with Gasteiger partial charge in [-0.1, -0.05) is 76.9 Å². The summed E-state index contributed by atoms with van der Waals surface area (Å²) >= 11 is 20.5. The van der Waals surface area contributed by atoms with E-state index in [1.165, 1.54) is 11.8 Å². The van der Waals surface area contributed by atoms with Crippen LogP contribution in [0.1, 0.15) is 27.8 Å². The molecule has 7 nitrogen and oxygen atoms in total. The number of aromatic nitrogens is 3. The molecule has 0 aliphatic rings. The fourth-order valence-corrected chi connectivity index (χ4v) is 5.58. The van der Waals surface area contributed by atoms with Crippen molar-refractivity contribution >= 4 is 46.6 Å². The fraction of sp³-hybridized carbons (Fsp3) is 0.200. The van der Waals surface area contributed by atoms with Crippen molar-refractivity contribution in [1.82, 2.24) is 14.8 Å². The van der Waals surface area contributed by atoms with Gasteiger partial charge in [0.05, 0.1) is 10.0 Å². The number of nitro groups is 1. The van der Waals surface area contributed by atoms with Crippen LogP contribution in [0, 0.1) is 24.0 Å². The predicted octanol–water partition coefficient (Wildman–Crippen LogP) is 7.53. The Morgan fingerprint density at radius 1 is 1.00 bits per heavy atom. The van der Waals surface area contributed by atoms with Crippen LogP contribution in [0.3, 0.4) is 0 Å². The topological polar surface area (TPSA) is 83.1 Å². The Bertz CT molecular complexity index is 1390. The molecule has 0 amide bonds. The third kappa shape index (κ3) is 6.13. The van der Waals surface area contributed by atoms with Crippen LogP contribution in [0.4, 0.5) is 0 Å². The molecule has 0 aliphatic carbocycles. The van der Waals surface area contributed by atoms with E-state index in [0.717, 1.165) is 16.8 Å². The lowest BCUT2D eigenvalue weighted by molar-refractivity contribution is -0.479. The molecule has 0 fully saturated rings. The minimum absolute atomic E-state index is 0.171. The van der Waals surface area contributed by atoms with Crippen molar-refractivity contribution in [2.45, 2.75) is 30.9 Å². The summed E-state index contributed by atoms with van der Waals surface area (Å²) < 4.78 is 7.71. The first-order valence-electron chi connectivity index (χ1n) is 10.9. The summed E-state index contributed by atoms with van der Waals surface area (Å²) in [5.41, 5.74) is 3.31. The normalized spacial score (nSPS) is 11.9. The van der Waals surface area contributed by atoms with Gasteiger partial charge in [0, 0.05) is 21.2 Å². The molecule has 0 saturated carbocycles. The Balaban J connectivity index is 1.63. The van der Waals surface area contributed by atoms with E-state index in [2.05, 4.69) is 10.2 Å². The summed E-state index contributed by atoms with van der Waals surface area (Å²) in [4.78, 5) is 11.2. The summed E-state index contributed by atoms with van der Waals surface area (Å²) in [5.74, 6) is 0.952. The number of hydrogen-bond acceptors (Lipinski definition) is 6. The number of halogens is 3. The molecule has 0 aliphatic heterocycles. The van der Waals surface area contributed by atoms with E-state index in [-0.39, 0.29) is 33.9 Å². The number of rotatable bonds is 9. The molecular weight excluding hydrogens is 543 g/mol. The van der Waals surface area contributed by atoms with Crippen LogP contribution in [-0.4, -0.2) is 26.2 Å². The number of ether oxygens (including phenoxy) is 1. The largest absolute Gasteiger partial charge is 0.486 e. The van der Waals surface area contributed by atoms with Crippen LogP contribution in [0.2, 0.25) is 15.1 Å². The van der Waals surface area contributed by atoms with Gasteiger partial charge in [-0.3, -0.25) is 14.7 Å². The van der Waals surface area contributed by atoms with Gasteiger partial charge < -0.3 is 4.74 Å². The van der Waals surface area contributed by atoms with Crippen LogP contribution < -0.4 is 4.74 Å². The molecule has 36 heavy (non-hydrogen) atoms. The van der Waals surface area contributed by atoms with Gasteiger partial charge in [-0.2, -0.15) is 0 Å². The molecule has 0 bridgehead atoms. The minimum Gasteiger partial charge on any atom is -0.486 e. The highest BCUT2D eigenvalue weighted by atomic mass is 35.5. The van der Waals surface area contributed by atoms with Gasteiger partial charge in [-0.15, -0.1) is 10.2 Å². The third-order valence-electron chi connectivity index (χ3n) is 5.34. The lowest BCUT2D eigenvalue weighted by Crippen LogP contribution is -2.11. The highest BCUT2D eigenvalue weighted by Crippen LogP contribution is 2.42. The molecule has 11 heteroatoms. The van der Waals surface area contributed by atoms with E-state index in [1.807, 2.05) is 60.9 Å². The van der Waals surface area contributed by atoms with Crippen molar-refractivity contribution in [3.8, 4) is 11.4 Å². The molecule has 1 heterocycles. The van der Waals surface area contributed by atoms with Gasteiger partial charge in [0.15, 0.2) is 10.9 Å². The first-order chi connectivity index (χ1) is 17.2. The van der Waals surface area contributed by atoms with E-state index in [4.69, 9.17) is 39.5 Å². The van der Waals surface area contributed by atoms with E-state index in [0.29, 0.717) is 21.6 Å². The average molecular weight is 564 g/mol. The molecule has 0 unspecified atom stereocenters. The maximum atomic E-state index is 11.6. The number of aryl methyl sites for hydroxylation is 2. The summed E-state index contributed by atoms with van der Waals surface area (Å²) in [7, 11) is 0. The van der Waals surface area contributed by atoms with Crippen molar-refractivity contribution in [2.75, 3.05) is 6.54 Å². The molecule has 0 N–H and O–H groups in total. The zero-order valence-corrected chi connectivity index (χ0v) is 22.4. The van der Waals surface area contributed by atoms with E-state index < -0.39 is 5.25 Å². The van der Waals surface area contributed by atoms with Crippen molar-refractivity contribution in [3.63, 3.8) is 0 Å². The molecule has 186 valence electrons. The highest BCUT2D eigenvalue weighted by molar-refractivity contribution is 7.99. The van der Waals surface area contributed by atoms with Crippen molar-refractivity contribution < 1.29 is 9.66 Å².